The van der Waals surface area contributed by atoms with Gasteiger partial charge in [0.25, 0.3) is 5.56 Å². The fourth-order valence-electron chi connectivity index (χ4n) is 1.75. The Labute approximate surface area is 115 Å². The summed E-state index contributed by atoms with van der Waals surface area (Å²) in [5.74, 6) is 0.448. The molecule has 1 aromatic rings. The van der Waals surface area contributed by atoms with E-state index in [0.717, 1.165) is 19.5 Å². The van der Waals surface area contributed by atoms with Gasteiger partial charge in [-0.05, 0) is 47.7 Å². The molecule has 1 heterocycles. The van der Waals surface area contributed by atoms with Gasteiger partial charge < -0.3 is 14.8 Å². The minimum absolute atomic E-state index is 0.0466. The van der Waals surface area contributed by atoms with Crippen LogP contribution in [-0.4, -0.2) is 40.6 Å². The fraction of sp³-hybridized carbons (Fsp3) is 0.714. The molecule has 0 fully saturated rings. The number of rotatable bonds is 7. The largest absolute Gasteiger partial charge is 0.365 e. The van der Waals surface area contributed by atoms with Gasteiger partial charge in [-0.15, -0.1) is 0 Å². The van der Waals surface area contributed by atoms with Crippen LogP contribution in [0.25, 0.3) is 0 Å². The summed E-state index contributed by atoms with van der Waals surface area (Å²) in [6.07, 6.45) is 4.39. The lowest BCUT2D eigenvalue weighted by atomic mass is 10.3. The third kappa shape index (κ3) is 4.67. The Kier molecular flexibility index (Phi) is 6.02. The van der Waals surface area contributed by atoms with Gasteiger partial charge in [-0.2, -0.15) is 0 Å². The summed E-state index contributed by atoms with van der Waals surface area (Å²) in [5, 5.41) is 3.13. The maximum Gasteiger partial charge on any atom is 0.293 e. The van der Waals surface area contributed by atoms with E-state index >= 15 is 0 Å². The van der Waals surface area contributed by atoms with Crippen molar-refractivity contribution in [2.75, 3.05) is 25.5 Å². The molecule has 0 saturated carbocycles. The summed E-state index contributed by atoms with van der Waals surface area (Å²) in [6.45, 7) is 10.1. The molecule has 0 amide bonds. The number of aromatic nitrogens is 2. The van der Waals surface area contributed by atoms with Crippen molar-refractivity contribution in [2.45, 2.75) is 46.2 Å². The lowest BCUT2D eigenvalue weighted by molar-refractivity contribution is 0.273. The van der Waals surface area contributed by atoms with Crippen LogP contribution in [0, 0.1) is 0 Å². The Hall–Kier alpha value is -1.36. The smallest absolute Gasteiger partial charge is 0.293 e. The zero-order valence-electron chi connectivity index (χ0n) is 12.7. The molecule has 0 radical (unpaired) electrons. The SMILES string of the molecule is CC(C)N(C)CCCNc1nccn(C(C)C)c1=O. The van der Waals surface area contributed by atoms with E-state index in [1.165, 1.54) is 0 Å². The van der Waals surface area contributed by atoms with Crippen LogP contribution in [0.1, 0.15) is 40.2 Å². The second-order valence-corrected chi connectivity index (χ2v) is 5.44. The van der Waals surface area contributed by atoms with Crippen molar-refractivity contribution in [1.29, 1.82) is 0 Å². The molecule has 108 valence electrons. The van der Waals surface area contributed by atoms with E-state index in [2.05, 4.69) is 36.1 Å². The molecular weight excluding hydrogens is 240 g/mol. The van der Waals surface area contributed by atoms with Crippen molar-refractivity contribution in [2.24, 2.45) is 0 Å². The van der Waals surface area contributed by atoms with Gasteiger partial charge in [-0.25, -0.2) is 4.98 Å². The number of anilines is 1. The minimum atomic E-state index is -0.0466. The maximum absolute atomic E-state index is 12.1. The molecule has 19 heavy (non-hydrogen) atoms. The van der Waals surface area contributed by atoms with Crippen LogP contribution in [0.5, 0.6) is 0 Å². The Morgan fingerprint density at radius 3 is 2.63 bits per heavy atom. The van der Waals surface area contributed by atoms with Crippen molar-refractivity contribution >= 4 is 5.82 Å². The van der Waals surface area contributed by atoms with Gasteiger partial charge in [0.2, 0.25) is 0 Å². The Morgan fingerprint density at radius 1 is 1.37 bits per heavy atom. The van der Waals surface area contributed by atoms with E-state index in [9.17, 15) is 4.79 Å². The lowest BCUT2D eigenvalue weighted by Gasteiger charge is -2.20. The minimum Gasteiger partial charge on any atom is -0.365 e. The molecule has 0 aliphatic heterocycles. The zero-order chi connectivity index (χ0) is 14.4. The molecule has 0 aliphatic rings. The van der Waals surface area contributed by atoms with Crippen LogP contribution >= 0.6 is 0 Å². The highest BCUT2D eigenvalue weighted by atomic mass is 16.1. The summed E-state index contributed by atoms with van der Waals surface area (Å²) >= 11 is 0. The summed E-state index contributed by atoms with van der Waals surface area (Å²) in [7, 11) is 2.11. The second kappa shape index (κ2) is 7.28. The molecule has 1 rings (SSSR count). The Balaban J connectivity index is 2.51. The van der Waals surface area contributed by atoms with Crippen LogP contribution in [0.3, 0.4) is 0 Å². The van der Waals surface area contributed by atoms with Gasteiger partial charge in [0.05, 0.1) is 0 Å². The van der Waals surface area contributed by atoms with E-state index < -0.39 is 0 Å². The van der Waals surface area contributed by atoms with Gasteiger partial charge in [-0.1, -0.05) is 0 Å². The van der Waals surface area contributed by atoms with Crippen LogP contribution < -0.4 is 10.9 Å². The van der Waals surface area contributed by atoms with Crippen LogP contribution in [-0.2, 0) is 0 Å². The molecule has 1 N–H and O–H groups in total. The van der Waals surface area contributed by atoms with Crippen molar-refractivity contribution in [1.82, 2.24) is 14.5 Å². The van der Waals surface area contributed by atoms with E-state index in [4.69, 9.17) is 0 Å². The first kappa shape index (κ1) is 15.7. The summed E-state index contributed by atoms with van der Waals surface area (Å²) in [6, 6.07) is 0.705. The third-order valence-corrected chi connectivity index (χ3v) is 3.29. The first-order valence-corrected chi connectivity index (χ1v) is 6.94. The molecular formula is C14H26N4O. The molecule has 0 spiro atoms. The summed E-state index contributed by atoms with van der Waals surface area (Å²) < 4.78 is 1.69. The van der Waals surface area contributed by atoms with E-state index in [1.807, 2.05) is 13.8 Å². The first-order valence-electron chi connectivity index (χ1n) is 6.94. The van der Waals surface area contributed by atoms with Crippen LogP contribution in [0.15, 0.2) is 17.2 Å². The Morgan fingerprint density at radius 2 is 2.05 bits per heavy atom. The number of hydrogen-bond acceptors (Lipinski definition) is 4. The van der Waals surface area contributed by atoms with Gasteiger partial charge in [0.1, 0.15) is 0 Å². The Bertz CT molecular complexity index is 439. The first-order chi connectivity index (χ1) is 8.93. The number of hydrogen-bond donors (Lipinski definition) is 1. The van der Waals surface area contributed by atoms with Gasteiger partial charge in [-0.3, -0.25) is 4.79 Å². The standard InChI is InChI=1S/C14H26N4O/c1-11(2)17(5)9-6-7-15-13-14(19)18(12(3)4)10-8-16-13/h8,10-12H,6-7,9H2,1-5H3,(H,15,16). The average molecular weight is 266 g/mol. The number of nitrogens with zero attached hydrogens (tertiary/aromatic N) is 3. The second-order valence-electron chi connectivity index (χ2n) is 5.44. The zero-order valence-corrected chi connectivity index (χ0v) is 12.7. The molecule has 5 nitrogen and oxygen atoms in total. The van der Waals surface area contributed by atoms with Crippen molar-refractivity contribution < 1.29 is 0 Å². The van der Waals surface area contributed by atoms with Gasteiger partial charge in [0, 0.05) is 31.0 Å². The number of nitrogens with one attached hydrogen (secondary N) is 1. The average Bonchev–Trinajstić information content (AvgIpc) is 2.35. The normalized spacial score (nSPS) is 11.6. The molecule has 0 unspecified atom stereocenters. The highest BCUT2D eigenvalue weighted by Gasteiger charge is 2.07. The lowest BCUT2D eigenvalue weighted by Crippen LogP contribution is -2.29. The van der Waals surface area contributed by atoms with E-state index in [1.54, 1.807) is 17.0 Å². The summed E-state index contributed by atoms with van der Waals surface area (Å²) in [5.41, 5.74) is -0.0466. The van der Waals surface area contributed by atoms with Crippen molar-refractivity contribution in [3.8, 4) is 0 Å². The monoisotopic (exact) mass is 266 g/mol. The molecule has 0 bridgehead atoms. The highest BCUT2D eigenvalue weighted by Crippen LogP contribution is 2.02. The predicted molar refractivity (Wildman–Crippen MR) is 79.8 cm³/mol. The van der Waals surface area contributed by atoms with Crippen LogP contribution in [0.4, 0.5) is 5.82 Å². The van der Waals surface area contributed by atoms with E-state index in [-0.39, 0.29) is 11.6 Å². The van der Waals surface area contributed by atoms with Crippen molar-refractivity contribution in [3.05, 3.63) is 22.7 Å². The quantitative estimate of drug-likeness (QED) is 0.767. The molecule has 0 saturated heterocycles. The predicted octanol–water partition coefficient (Wildman–Crippen LogP) is 1.97. The molecule has 0 aromatic carbocycles. The fourth-order valence-corrected chi connectivity index (χ4v) is 1.75. The molecule has 0 atom stereocenters. The molecule has 0 aliphatic carbocycles. The topological polar surface area (TPSA) is 50.2 Å². The van der Waals surface area contributed by atoms with Crippen molar-refractivity contribution in [3.63, 3.8) is 0 Å². The van der Waals surface area contributed by atoms with Gasteiger partial charge in [0.15, 0.2) is 5.82 Å². The third-order valence-electron chi connectivity index (χ3n) is 3.29. The molecule has 1 aromatic heterocycles. The van der Waals surface area contributed by atoms with Crippen LogP contribution in [0.2, 0.25) is 0 Å². The summed E-state index contributed by atoms with van der Waals surface area (Å²) in [4.78, 5) is 18.5. The highest BCUT2D eigenvalue weighted by molar-refractivity contribution is 5.30. The van der Waals surface area contributed by atoms with Gasteiger partial charge >= 0.3 is 0 Å². The molecule has 5 heteroatoms. The maximum atomic E-state index is 12.1. The van der Waals surface area contributed by atoms with E-state index in [0.29, 0.717) is 11.9 Å².